The first kappa shape index (κ1) is 21.0. The Morgan fingerprint density at radius 2 is 1.81 bits per heavy atom. The molecule has 1 aromatic carbocycles. The lowest BCUT2D eigenvalue weighted by Crippen LogP contribution is -2.49. The van der Waals surface area contributed by atoms with Gasteiger partial charge in [0.15, 0.2) is 5.82 Å². The number of nitrogens with zero attached hydrogens (tertiary/aromatic N) is 5. The van der Waals surface area contributed by atoms with Gasteiger partial charge in [0.2, 0.25) is 5.91 Å². The number of piperazine rings is 1. The van der Waals surface area contributed by atoms with E-state index < -0.39 is 0 Å². The molecule has 3 aromatic rings. The highest BCUT2D eigenvalue weighted by Crippen LogP contribution is 2.27. The molecule has 0 atom stereocenters. The molecular weight excluding hydrogens is 395 g/mol. The SMILES string of the molecule is Cc1nn(-c2ccccn2)c(C)c1N1CCN(CC(=O)NCc2ccc(F)cc2)CC1. The summed E-state index contributed by atoms with van der Waals surface area (Å²) < 4.78 is 14.9. The predicted octanol–water partition coefficient (Wildman–Crippen LogP) is 2.46. The molecule has 1 amide bonds. The third kappa shape index (κ3) is 4.91. The molecule has 1 aliphatic heterocycles. The van der Waals surface area contributed by atoms with Crippen molar-refractivity contribution < 1.29 is 9.18 Å². The first-order valence-corrected chi connectivity index (χ1v) is 10.5. The van der Waals surface area contributed by atoms with Gasteiger partial charge in [-0.05, 0) is 43.7 Å². The number of carbonyl (C=O) groups excluding carboxylic acids is 1. The van der Waals surface area contributed by atoms with Gasteiger partial charge in [-0.3, -0.25) is 9.69 Å². The van der Waals surface area contributed by atoms with Crippen molar-refractivity contribution in [2.75, 3.05) is 37.6 Å². The van der Waals surface area contributed by atoms with Crippen LogP contribution >= 0.6 is 0 Å². The molecule has 1 saturated heterocycles. The second-order valence-electron chi connectivity index (χ2n) is 7.79. The summed E-state index contributed by atoms with van der Waals surface area (Å²) in [7, 11) is 0. The molecule has 0 unspecified atom stereocenters. The Hall–Kier alpha value is -3.26. The third-order valence-electron chi connectivity index (χ3n) is 5.58. The molecule has 0 bridgehead atoms. The van der Waals surface area contributed by atoms with Crippen LogP contribution < -0.4 is 10.2 Å². The van der Waals surface area contributed by atoms with Gasteiger partial charge in [0, 0.05) is 38.9 Å². The molecule has 2 aromatic heterocycles. The van der Waals surface area contributed by atoms with Crippen molar-refractivity contribution in [1.29, 1.82) is 0 Å². The van der Waals surface area contributed by atoms with Gasteiger partial charge in [-0.15, -0.1) is 0 Å². The van der Waals surface area contributed by atoms with Gasteiger partial charge in [-0.2, -0.15) is 5.10 Å². The zero-order valence-corrected chi connectivity index (χ0v) is 17.9. The van der Waals surface area contributed by atoms with Crippen LogP contribution in [0.25, 0.3) is 5.82 Å². The highest BCUT2D eigenvalue weighted by Gasteiger charge is 2.24. The van der Waals surface area contributed by atoms with Gasteiger partial charge in [-0.25, -0.2) is 14.1 Å². The van der Waals surface area contributed by atoms with Crippen LogP contribution in [-0.4, -0.2) is 58.3 Å². The fourth-order valence-corrected chi connectivity index (χ4v) is 3.99. The highest BCUT2D eigenvalue weighted by atomic mass is 19.1. The number of hydrogen-bond donors (Lipinski definition) is 1. The molecular formula is C23H27FN6O. The lowest BCUT2D eigenvalue weighted by molar-refractivity contribution is -0.122. The van der Waals surface area contributed by atoms with E-state index in [1.54, 1.807) is 18.3 Å². The number of carbonyl (C=O) groups is 1. The molecule has 8 heteroatoms. The number of aromatic nitrogens is 3. The van der Waals surface area contributed by atoms with Crippen LogP contribution in [-0.2, 0) is 11.3 Å². The molecule has 4 rings (SSSR count). The molecule has 7 nitrogen and oxygen atoms in total. The zero-order chi connectivity index (χ0) is 21.8. The van der Waals surface area contributed by atoms with Gasteiger partial charge < -0.3 is 10.2 Å². The number of rotatable bonds is 6. The van der Waals surface area contributed by atoms with E-state index in [2.05, 4.69) is 27.0 Å². The van der Waals surface area contributed by atoms with Crippen molar-refractivity contribution in [3.8, 4) is 5.82 Å². The van der Waals surface area contributed by atoms with Crippen LogP contribution in [0.4, 0.5) is 10.1 Å². The Balaban J connectivity index is 1.31. The number of aryl methyl sites for hydroxylation is 1. The lowest BCUT2D eigenvalue weighted by atomic mass is 10.2. The summed E-state index contributed by atoms with van der Waals surface area (Å²) in [5.41, 5.74) is 4.08. The Morgan fingerprint density at radius 3 is 2.48 bits per heavy atom. The van der Waals surface area contributed by atoms with E-state index in [1.165, 1.54) is 12.1 Å². The number of benzene rings is 1. The smallest absolute Gasteiger partial charge is 0.234 e. The second-order valence-corrected chi connectivity index (χ2v) is 7.79. The number of anilines is 1. The van der Waals surface area contributed by atoms with Crippen molar-refractivity contribution in [3.63, 3.8) is 0 Å². The maximum absolute atomic E-state index is 13.0. The van der Waals surface area contributed by atoms with E-state index in [4.69, 9.17) is 5.10 Å². The number of nitrogens with one attached hydrogen (secondary N) is 1. The second kappa shape index (κ2) is 9.26. The molecule has 0 aliphatic carbocycles. The standard InChI is InChI=1S/C23H27FN6O/c1-17-23(18(2)30(27-17)21-5-3-4-10-25-21)29-13-11-28(12-14-29)16-22(31)26-15-19-6-8-20(24)9-7-19/h3-10H,11-16H2,1-2H3,(H,26,31). The van der Waals surface area contributed by atoms with E-state index in [1.807, 2.05) is 29.8 Å². The van der Waals surface area contributed by atoms with Crippen molar-refractivity contribution >= 4 is 11.6 Å². The minimum Gasteiger partial charge on any atom is -0.366 e. The first-order valence-electron chi connectivity index (χ1n) is 10.5. The summed E-state index contributed by atoms with van der Waals surface area (Å²) in [5, 5.41) is 7.60. The van der Waals surface area contributed by atoms with Crippen LogP contribution in [0.5, 0.6) is 0 Å². The van der Waals surface area contributed by atoms with Gasteiger partial charge in [0.25, 0.3) is 0 Å². The van der Waals surface area contributed by atoms with Crippen molar-refractivity contribution in [3.05, 3.63) is 71.4 Å². The van der Waals surface area contributed by atoms with Gasteiger partial charge in [0.1, 0.15) is 5.82 Å². The predicted molar refractivity (Wildman–Crippen MR) is 118 cm³/mol. The average Bonchev–Trinajstić information content (AvgIpc) is 3.08. The Morgan fingerprint density at radius 1 is 1.06 bits per heavy atom. The molecule has 31 heavy (non-hydrogen) atoms. The summed E-state index contributed by atoms with van der Waals surface area (Å²) >= 11 is 0. The number of amides is 1. The Kier molecular flexibility index (Phi) is 6.27. The molecule has 3 heterocycles. The molecule has 1 aliphatic rings. The average molecular weight is 423 g/mol. The topological polar surface area (TPSA) is 66.3 Å². The van der Waals surface area contributed by atoms with Crippen LogP contribution in [0.2, 0.25) is 0 Å². The van der Waals surface area contributed by atoms with E-state index in [0.717, 1.165) is 54.6 Å². The Labute approximate surface area is 181 Å². The van der Waals surface area contributed by atoms with Crippen LogP contribution in [0.15, 0.2) is 48.7 Å². The highest BCUT2D eigenvalue weighted by molar-refractivity contribution is 5.78. The number of halogens is 1. The Bertz CT molecular complexity index is 1030. The van der Waals surface area contributed by atoms with Crippen LogP contribution in [0.3, 0.4) is 0 Å². The molecule has 162 valence electrons. The molecule has 1 N–H and O–H groups in total. The van der Waals surface area contributed by atoms with Gasteiger partial charge in [-0.1, -0.05) is 18.2 Å². The van der Waals surface area contributed by atoms with Gasteiger partial charge >= 0.3 is 0 Å². The normalized spacial score (nSPS) is 14.6. The fourth-order valence-electron chi connectivity index (χ4n) is 3.99. The monoisotopic (exact) mass is 422 g/mol. The van der Waals surface area contributed by atoms with E-state index in [-0.39, 0.29) is 11.7 Å². The maximum Gasteiger partial charge on any atom is 0.234 e. The minimum absolute atomic E-state index is 0.0203. The number of pyridine rings is 1. The molecule has 1 fully saturated rings. The fraction of sp³-hybridized carbons (Fsp3) is 0.348. The van der Waals surface area contributed by atoms with E-state index in [9.17, 15) is 9.18 Å². The van der Waals surface area contributed by atoms with Crippen molar-refractivity contribution in [2.45, 2.75) is 20.4 Å². The largest absolute Gasteiger partial charge is 0.366 e. The van der Waals surface area contributed by atoms with Crippen LogP contribution in [0, 0.1) is 19.7 Å². The van der Waals surface area contributed by atoms with Crippen LogP contribution in [0.1, 0.15) is 17.0 Å². The van der Waals surface area contributed by atoms with E-state index in [0.29, 0.717) is 13.1 Å². The minimum atomic E-state index is -0.274. The van der Waals surface area contributed by atoms with Crippen molar-refractivity contribution in [1.82, 2.24) is 25.0 Å². The quantitative estimate of drug-likeness (QED) is 0.661. The van der Waals surface area contributed by atoms with Crippen molar-refractivity contribution in [2.24, 2.45) is 0 Å². The van der Waals surface area contributed by atoms with Gasteiger partial charge in [0.05, 0.1) is 23.6 Å². The maximum atomic E-state index is 13.0. The molecule has 0 saturated carbocycles. The summed E-state index contributed by atoms with van der Waals surface area (Å²) in [6.07, 6.45) is 1.77. The summed E-state index contributed by atoms with van der Waals surface area (Å²) in [4.78, 5) is 21.2. The summed E-state index contributed by atoms with van der Waals surface area (Å²) in [6.45, 7) is 8.14. The zero-order valence-electron chi connectivity index (χ0n) is 17.9. The van der Waals surface area contributed by atoms with E-state index >= 15 is 0 Å². The summed E-state index contributed by atoms with van der Waals surface area (Å²) in [5.74, 6) is 0.517. The summed E-state index contributed by atoms with van der Waals surface area (Å²) in [6, 6.07) is 12.0. The third-order valence-corrected chi connectivity index (χ3v) is 5.58. The molecule has 0 radical (unpaired) electrons. The first-order chi connectivity index (χ1) is 15.0. The number of hydrogen-bond acceptors (Lipinski definition) is 5. The lowest BCUT2D eigenvalue weighted by Gasteiger charge is -2.35. The molecule has 0 spiro atoms.